The van der Waals surface area contributed by atoms with Gasteiger partial charge in [-0.1, -0.05) is 42.5 Å². The Morgan fingerprint density at radius 1 is 0.771 bits per heavy atom. The summed E-state index contributed by atoms with van der Waals surface area (Å²) in [5.74, 6) is -3.31. The van der Waals surface area contributed by atoms with Crippen molar-refractivity contribution in [2.24, 2.45) is 0 Å². The van der Waals surface area contributed by atoms with Crippen molar-refractivity contribution in [3.8, 4) is 34.1 Å². The molecule has 5 aromatic rings. The number of carbonyl (C=O) groups excluding carboxylic acids is 2. The molecule has 3 aromatic carbocycles. The van der Waals surface area contributed by atoms with E-state index in [9.17, 15) is 29.4 Å². The molecule has 0 aliphatic rings. The maximum Gasteiger partial charge on any atom is 0.322 e. The molecule has 0 saturated carbocycles. The molecule has 2 amide bonds. The number of amides is 2. The Labute approximate surface area is 272 Å². The molecule has 48 heavy (non-hydrogen) atoms. The van der Waals surface area contributed by atoms with Gasteiger partial charge in [-0.25, -0.2) is 14.8 Å². The van der Waals surface area contributed by atoms with Crippen LogP contribution in [0.25, 0.3) is 26.7 Å². The van der Waals surface area contributed by atoms with E-state index >= 15 is 0 Å². The molecule has 0 radical (unpaired) electrons. The number of carboxylic acid groups (broad SMARTS) is 2. The first-order valence-electron chi connectivity index (χ1n) is 14.0. The summed E-state index contributed by atoms with van der Waals surface area (Å²) in [5, 5.41) is 42.8. The number of nitrogens with zero attached hydrogens (tertiary/aromatic N) is 3. The zero-order valence-corrected chi connectivity index (χ0v) is 25.2. The van der Waals surface area contributed by atoms with Crippen molar-refractivity contribution < 1.29 is 44.3 Å². The third-order valence-electron chi connectivity index (χ3n) is 6.55. The van der Waals surface area contributed by atoms with Crippen molar-refractivity contribution >= 4 is 40.2 Å². The van der Waals surface area contributed by atoms with E-state index in [1.165, 1.54) is 12.3 Å². The van der Waals surface area contributed by atoms with E-state index in [0.29, 0.717) is 39.2 Å². The van der Waals surface area contributed by atoms with Crippen LogP contribution in [0, 0.1) is 13.5 Å². The highest BCUT2D eigenvalue weighted by Gasteiger charge is 2.19. The fraction of sp³-hybridized carbons (Fsp3) is 0.0882. The Morgan fingerprint density at radius 3 is 1.98 bits per heavy atom. The molecule has 5 rings (SSSR count). The standard InChI is InChI=1S/C19H16N2O5.C15H11N3O4/c1-11-15-9-13(26-12-5-3-2-4-6-12)7-8-14(15)18(24)17(21-11)19(25)20-10-16(22)23;1-16-11-4-2-9(3-5-11)10-6-12(19)14(17-7-10)15(22)18-8-13(20)21/h2-9,24H,10H2,1H3,(H,20,25)(H,22,23);2-7,19H,8H2,(H,18,22)(H,20,21). The molecule has 242 valence electrons. The summed E-state index contributed by atoms with van der Waals surface area (Å²) >= 11 is 0. The highest BCUT2D eigenvalue weighted by Crippen LogP contribution is 2.33. The van der Waals surface area contributed by atoms with Gasteiger partial charge in [-0.3, -0.25) is 19.2 Å². The predicted octanol–water partition coefficient (Wildman–Crippen LogP) is 4.67. The predicted molar refractivity (Wildman–Crippen MR) is 172 cm³/mol. The first kappa shape index (κ1) is 33.9. The van der Waals surface area contributed by atoms with Crippen LogP contribution in [0.3, 0.4) is 0 Å². The molecule has 0 fully saturated rings. The Hall–Kier alpha value is -7.01. The van der Waals surface area contributed by atoms with Gasteiger partial charge in [-0.15, -0.1) is 0 Å². The fourth-order valence-electron chi connectivity index (χ4n) is 4.28. The van der Waals surface area contributed by atoms with Crippen LogP contribution in [0.1, 0.15) is 26.7 Å². The van der Waals surface area contributed by atoms with Crippen molar-refractivity contribution in [3.63, 3.8) is 0 Å². The van der Waals surface area contributed by atoms with Crippen LogP contribution < -0.4 is 15.4 Å². The van der Waals surface area contributed by atoms with Crippen LogP contribution >= 0.6 is 0 Å². The number of rotatable bonds is 9. The van der Waals surface area contributed by atoms with Crippen molar-refractivity contribution in [1.29, 1.82) is 0 Å². The summed E-state index contributed by atoms with van der Waals surface area (Å²) in [6.45, 7) is 7.47. The van der Waals surface area contributed by atoms with E-state index in [1.807, 2.05) is 30.3 Å². The maximum absolute atomic E-state index is 12.1. The van der Waals surface area contributed by atoms with Crippen LogP contribution in [0.15, 0.2) is 85.1 Å². The molecule has 0 aliphatic carbocycles. The highest BCUT2D eigenvalue weighted by atomic mass is 16.5. The number of aryl methyl sites for hydroxylation is 1. The summed E-state index contributed by atoms with van der Waals surface area (Å²) < 4.78 is 5.77. The SMILES string of the molecule is Cc1nc(C(=O)NCC(=O)O)c(O)c2ccc(Oc3ccccc3)cc12.[C-]#[N+]c1ccc(-c2cnc(C(=O)NCC(=O)O)c(O)c2)cc1. The zero-order valence-electron chi connectivity index (χ0n) is 25.2. The number of benzene rings is 3. The average Bonchev–Trinajstić information content (AvgIpc) is 3.08. The number of aliphatic carboxylic acids is 2. The first-order valence-corrected chi connectivity index (χ1v) is 14.0. The van der Waals surface area contributed by atoms with Crippen molar-refractivity contribution in [2.45, 2.75) is 6.92 Å². The van der Waals surface area contributed by atoms with Gasteiger partial charge < -0.3 is 35.8 Å². The normalized spacial score (nSPS) is 10.2. The lowest BCUT2D eigenvalue weighted by Gasteiger charge is -2.12. The fourth-order valence-corrected chi connectivity index (χ4v) is 4.28. The van der Waals surface area contributed by atoms with Gasteiger partial charge in [-0.05, 0) is 48.9 Å². The zero-order chi connectivity index (χ0) is 34.8. The maximum atomic E-state index is 12.1. The number of aromatic hydroxyl groups is 2. The third-order valence-corrected chi connectivity index (χ3v) is 6.55. The minimum atomic E-state index is -1.19. The Kier molecular flexibility index (Phi) is 10.8. The van der Waals surface area contributed by atoms with Crippen LogP contribution in [-0.4, -0.2) is 67.2 Å². The second-order valence-corrected chi connectivity index (χ2v) is 9.92. The number of pyridine rings is 2. The molecule has 0 unspecified atom stereocenters. The van der Waals surface area contributed by atoms with Crippen LogP contribution in [0.4, 0.5) is 5.69 Å². The number of nitrogens with one attached hydrogen (secondary N) is 2. The van der Waals surface area contributed by atoms with Crippen LogP contribution in [0.2, 0.25) is 0 Å². The van der Waals surface area contributed by atoms with Crippen molar-refractivity contribution in [3.05, 3.63) is 114 Å². The number of carbonyl (C=O) groups is 4. The summed E-state index contributed by atoms with van der Waals surface area (Å²) in [5.41, 5.74) is 1.84. The molecular weight excluding hydrogens is 622 g/mol. The number of hydrogen-bond donors (Lipinski definition) is 6. The molecule has 6 N–H and O–H groups in total. The average molecular weight is 650 g/mol. The molecule has 0 spiro atoms. The van der Waals surface area contributed by atoms with E-state index in [1.54, 1.807) is 49.4 Å². The van der Waals surface area contributed by atoms with Gasteiger partial charge >= 0.3 is 11.9 Å². The van der Waals surface area contributed by atoms with Gasteiger partial charge in [0.25, 0.3) is 11.8 Å². The molecule has 2 aromatic heterocycles. The highest BCUT2D eigenvalue weighted by molar-refractivity contribution is 6.03. The molecular formula is C34H27N5O9. The van der Waals surface area contributed by atoms with Gasteiger partial charge in [-0.2, -0.15) is 0 Å². The van der Waals surface area contributed by atoms with Gasteiger partial charge in [0.2, 0.25) is 0 Å². The number of fused-ring (bicyclic) bond motifs is 1. The number of hydrogen-bond acceptors (Lipinski definition) is 9. The largest absolute Gasteiger partial charge is 0.505 e. The van der Waals surface area contributed by atoms with Crippen molar-refractivity contribution in [1.82, 2.24) is 20.6 Å². The van der Waals surface area contributed by atoms with Gasteiger partial charge in [0.15, 0.2) is 22.8 Å². The molecule has 0 atom stereocenters. The molecule has 0 aliphatic heterocycles. The van der Waals surface area contributed by atoms with Gasteiger partial charge in [0, 0.05) is 28.2 Å². The van der Waals surface area contributed by atoms with Crippen LogP contribution in [0.5, 0.6) is 23.0 Å². The van der Waals surface area contributed by atoms with E-state index in [-0.39, 0.29) is 22.9 Å². The lowest BCUT2D eigenvalue weighted by molar-refractivity contribution is -0.136. The minimum Gasteiger partial charge on any atom is -0.505 e. The number of ether oxygens (including phenoxy) is 1. The monoisotopic (exact) mass is 649 g/mol. The van der Waals surface area contributed by atoms with Gasteiger partial charge in [0.1, 0.15) is 30.3 Å². The van der Waals surface area contributed by atoms with Crippen LogP contribution in [-0.2, 0) is 9.59 Å². The lowest BCUT2D eigenvalue weighted by Crippen LogP contribution is -2.30. The molecule has 2 heterocycles. The Bertz CT molecular complexity index is 2040. The second kappa shape index (κ2) is 15.3. The smallest absolute Gasteiger partial charge is 0.322 e. The third kappa shape index (κ3) is 8.58. The summed E-state index contributed by atoms with van der Waals surface area (Å²) in [6.07, 6.45) is 1.39. The summed E-state index contributed by atoms with van der Waals surface area (Å²) in [6, 6.07) is 22.3. The number of carboxylic acids is 2. The number of aromatic nitrogens is 2. The molecule has 0 bridgehead atoms. The Morgan fingerprint density at radius 2 is 1.40 bits per heavy atom. The van der Waals surface area contributed by atoms with Crippen molar-refractivity contribution in [2.75, 3.05) is 13.1 Å². The first-order chi connectivity index (χ1) is 23.0. The second-order valence-electron chi connectivity index (χ2n) is 9.92. The lowest BCUT2D eigenvalue weighted by atomic mass is 10.1. The van der Waals surface area contributed by atoms with E-state index in [0.717, 1.165) is 5.56 Å². The topological polar surface area (TPSA) is 213 Å². The summed E-state index contributed by atoms with van der Waals surface area (Å²) in [4.78, 5) is 55.9. The minimum absolute atomic E-state index is 0.215. The van der Waals surface area contributed by atoms with Gasteiger partial charge in [0.05, 0.1) is 6.57 Å². The molecule has 14 nitrogen and oxygen atoms in total. The molecule has 14 heteroatoms. The van der Waals surface area contributed by atoms with E-state index in [4.69, 9.17) is 21.5 Å². The summed E-state index contributed by atoms with van der Waals surface area (Å²) in [7, 11) is 0. The molecule has 0 saturated heterocycles. The quantitative estimate of drug-likeness (QED) is 0.121. The Balaban J connectivity index is 0.000000220. The van der Waals surface area contributed by atoms with E-state index < -0.39 is 36.8 Å². The number of para-hydroxylation sites is 1. The van der Waals surface area contributed by atoms with E-state index in [2.05, 4.69) is 25.4 Å².